The van der Waals surface area contributed by atoms with E-state index >= 15 is 0 Å². The molecule has 0 spiro atoms. The number of nitrogens with zero attached hydrogens (tertiary/aromatic N) is 1. The van der Waals surface area contributed by atoms with E-state index in [9.17, 15) is 4.79 Å². The van der Waals surface area contributed by atoms with Crippen LogP contribution >= 0.6 is 11.3 Å². The molecule has 1 aliphatic heterocycles. The molecular formula is C17H20N2O3S. The number of hydrogen-bond acceptors (Lipinski definition) is 5. The standard InChI is InChI=1S/C17H20N2O3S/c1-2-22-14-5-3-12(4-6-14)17-19-15(11-23-17)16(20)18-13-7-9-21-10-8-13/h3-6,11,13H,2,7-10H2,1H3,(H,18,20). The van der Waals surface area contributed by atoms with Crippen LogP contribution in [-0.2, 0) is 4.74 Å². The third-order valence-corrected chi connectivity index (χ3v) is 4.60. The van der Waals surface area contributed by atoms with Crippen molar-refractivity contribution in [3.63, 3.8) is 0 Å². The number of benzene rings is 1. The average molecular weight is 332 g/mol. The van der Waals surface area contributed by atoms with E-state index in [2.05, 4.69) is 10.3 Å². The molecule has 23 heavy (non-hydrogen) atoms. The van der Waals surface area contributed by atoms with E-state index in [1.807, 2.05) is 31.2 Å². The molecular weight excluding hydrogens is 312 g/mol. The van der Waals surface area contributed by atoms with Gasteiger partial charge in [0.15, 0.2) is 0 Å². The van der Waals surface area contributed by atoms with Crippen LogP contribution in [0.3, 0.4) is 0 Å². The summed E-state index contributed by atoms with van der Waals surface area (Å²) in [5.74, 6) is 0.732. The van der Waals surface area contributed by atoms with E-state index in [1.54, 1.807) is 5.38 Å². The molecule has 0 bridgehead atoms. The molecule has 1 aliphatic rings. The van der Waals surface area contributed by atoms with Crippen LogP contribution in [0, 0.1) is 0 Å². The van der Waals surface area contributed by atoms with Crippen LogP contribution in [0.5, 0.6) is 5.75 Å². The van der Waals surface area contributed by atoms with E-state index < -0.39 is 0 Å². The summed E-state index contributed by atoms with van der Waals surface area (Å²) in [7, 11) is 0. The van der Waals surface area contributed by atoms with E-state index in [0.717, 1.165) is 29.2 Å². The minimum atomic E-state index is -0.106. The minimum Gasteiger partial charge on any atom is -0.494 e. The van der Waals surface area contributed by atoms with Gasteiger partial charge in [-0.15, -0.1) is 11.3 Å². The van der Waals surface area contributed by atoms with Crippen LogP contribution < -0.4 is 10.1 Å². The summed E-state index contributed by atoms with van der Waals surface area (Å²) < 4.78 is 10.7. The van der Waals surface area contributed by atoms with Crippen molar-refractivity contribution in [2.24, 2.45) is 0 Å². The van der Waals surface area contributed by atoms with Gasteiger partial charge in [-0.25, -0.2) is 4.98 Å². The SMILES string of the molecule is CCOc1ccc(-c2nc(C(=O)NC3CCOCC3)cs2)cc1. The van der Waals surface area contributed by atoms with Crippen LogP contribution in [0.4, 0.5) is 0 Å². The third kappa shape index (κ3) is 4.09. The van der Waals surface area contributed by atoms with Crippen LogP contribution in [0.15, 0.2) is 29.6 Å². The van der Waals surface area contributed by atoms with Crippen molar-refractivity contribution in [1.82, 2.24) is 10.3 Å². The molecule has 0 radical (unpaired) electrons. The van der Waals surface area contributed by atoms with Gasteiger partial charge in [0.05, 0.1) is 6.61 Å². The van der Waals surface area contributed by atoms with Gasteiger partial charge in [0, 0.05) is 30.2 Å². The fourth-order valence-corrected chi connectivity index (χ4v) is 3.28. The topological polar surface area (TPSA) is 60.5 Å². The van der Waals surface area contributed by atoms with Crippen molar-refractivity contribution in [3.05, 3.63) is 35.3 Å². The van der Waals surface area contributed by atoms with Gasteiger partial charge >= 0.3 is 0 Å². The predicted octanol–water partition coefficient (Wildman–Crippen LogP) is 3.12. The maximum absolute atomic E-state index is 12.3. The smallest absolute Gasteiger partial charge is 0.270 e. The number of carbonyl (C=O) groups is 1. The zero-order valence-corrected chi connectivity index (χ0v) is 13.9. The summed E-state index contributed by atoms with van der Waals surface area (Å²) in [6, 6.07) is 7.95. The van der Waals surface area contributed by atoms with Crippen LogP contribution in [0.1, 0.15) is 30.3 Å². The summed E-state index contributed by atoms with van der Waals surface area (Å²) in [4.78, 5) is 16.7. The first kappa shape index (κ1) is 16.0. The Balaban J connectivity index is 1.65. The highest BCUT2D eigenvalue weighted by molar-refractivity contribution is 7.13. The van der Waals surface area contributed by atoms with E-state index in [4.69, 9.17) is 9.47 Å². The van der Waals surface area contributed by atoms with E-state index in [-0.39, 0.29) is 11.9 Å². The molecule has 2 heterocycles. The molecule has 1 aromatic carbocycles. The van der Waals surface area contributed by atoms with Crippen molar-refractivity contribution < 1.29 is 14.3 Å². The average Bonchev–Trinajstić information content (AvgIpc) is 3.07. The van der Waals surface area contributed by atoms with Gasteiger partial charge in [-0.1, -0.05) is 0 Å². The molecule has 2 aromatic rings. The van der Waals surface area contributed by atoms with Crippen LogP contribution in [-0.4, -0.2) is 36.8 Å². The highest BCUT2D eigenvalue weighted by Crippen LogP contribution is 2.26. The van der Waals surface area contributed by atoms with Crippen LogP contribution in [0.25, 0.3) is 10.6 Å². The number of thiazole rings is 1. The maximum atomic E-state index is 12.3. The number of aromatic nitrogens is 1. The number of nitrogens with one attached hydrogen (secondary N) is 1. The minimum absolute atomic E-state index is 0.106. The summed E-state index contributed by atoms with van der Waals surface area (Å²) in [5.41, 5.74) is 1.47. The Morgan fingerprint density at radius 3 is 2.78 bits per heavy atom. The van der Waals surface area contributed by atoms with Crippen molar-refractivity contribution in [1.29, 1.82) is 0 Å². The molecule has 1 saturated heterocycles. The summed E-state index contributed by atoms with van der Waals surface area (Å²) in [6.07, 6.45) is 1.73. The Kier molecular flexibility index (Phi) is 5.25. The molecule has 0 atom stereocenters. The van der Waals surface area contributed by atoms with Crippen molar-refractivity contribution in [3.8, 4) is 16.3 Å². The molecule has 0 aliphatic carbocycles. The monoisotopic (exact) mass is 332 g/mol. The molecule has 6 heteroatoms. The first-order valence-electron chi connectivity index (χ1n) is 7.83. The Morgan fingerprint density at radius 1 is 1.35 bits per heavy atom. The second kappa shape index (κ2) is 7.57. The summed E-state index contributed by atoms with van der Waals surface area (Å²) >= 11 is 1.47. The van der Waals surface area contributed by atoms with E-state index in [1.165, 1.54) is 11.3 Å². The van der Waals surface area contributed by atoms with E-state index in [0.29, 0.717) is 25.5 Å². The number of ether oxygens (including phenoxy) is 2. The second-order valence-electron chi connectivity index (χ2n) is 5.36. The first-order chi connectivity index (χ1) is 11.3. The zero-order chi connectivity index (χ0) is 16.1. The highest BCUT2D eigenvalue weighted by atomic mass is 32.1. The molecule has 5 nitrogen and oxygen atoms in total. The lowest BCUT2D eigenvalue weighted by Gasteiger charge is -2.22. The molecule has 1 N–H and O–H groups in total. The second-order valence-corrected chi connectivity index (χ2v) is 6.21. The Bertz CT molecular complexity index is 648. The molecule has 1 amide bonds. The van der Waals surface area contributed by atoms with Crippen molar-refractivity contribution >= 4 is 17.2 Å². The van der Waals surface area contributed by atoms with Gasteiger partial charge in [0.25, 0.3) is 5.91 Å². The lowest BCUT2D eigenvalue weighted by molar-refractivity contribution is 0.0694. The fraction of sp³-hybridized carbons (Fsp3) is 0.412. The number of carbonyl (C=O) groups excluding carboxylic acids is 1. The predicted molar refractivity (Wildman–Crippen MR) is 90.0 cm³/mol. The first-order valence-corrected chi connectivity index (χ1v) is 8.71. The number of hydrogen-bond donors (Lipinski definition) is 1. The number of rotatable bonds is 5. The van der Waals surface area contributed by atoms with Gasteiger partial charge in [0.2, 0.25) is 0 Å². The molecule has 122 valence electrons. The largest absolute Gasteiger partial charge is 0.494 e. The normalized spacial score (nSPS) is 15.3. The fourth-order valence-electron chi connectivity index (χ4n) is 2.47. The van der Waals surface area contributed by atoms with Gasteiger partial charge in [-0.2, -0.15) is 0 Å². The summed E-state index contributed by atoms with van der Waals surface area (Å²) in [5, 5.41) is 5.68. The van der Waals surface area contributed by atoms with Gasteiger partial charge < -0.3 is 14.8 Å². The highest BCUT2D eigenvalue weighted by Gasteiger charge is 2.19. The molecule has 1 fully saturated rings. The molecule has 0 saturated carbocycles. The lowest BCUT2D eigenvalue weighted by Crippen LogP contribution is -2.39. The third-order valence-electron chi connectivity index (χ3n) is 3.71. The van der Waals surface area contributed by atoms with Crippen LogP contribution in [0.2, 0.25) is 0 Å². The quantitative estimate of drug-likeness (QED) is 0.914. The molecule has 3 rings (SSSR count). The Morgan fingerprint density at radius 2 is 2.09 bits per heavy atom. The Labute approximate surface area is 139 Å². The summed E-state index contributed by atoms with van der Waals surface area (Å²) in [6.45, 7) is 4.02. The maximum Gasteiger partial charge on any atom is 0.270 e. The zero-order valence-electron chi connectivity index (χ0n) is 13.1. The van der Waals surface area contributed by atoms with Crippen molar-refractivity contribution in [2.45, 2.75) is 25.8 Å². The lowest BCUT2D eigenvalue weighted by atomic mass is 10.1. The van der Waals surface area contributed by atoms with Gasteiger partial charge in [-0.3, -0.25) is 4.79 Å². The van der Waals surface area contributed by atoms with Gasteiger partial charge in [0.1, 0.15) is 16.5 Å². The number of amides is 1. The molecule has 0 unspecified atom stereocenters. The van der Waals surface area contributed by atoms with Gasteiger partial charge in [-0.05, 0) is 44.0 Å². The molecule has 1 aromatic heterocycles. The van der Waals surface area contributed by atoms with Crippen molar-refractivity contribution in [2.75, 3.05) is 19.8 Å². The Hall–Kier alpha value is -1.92.